The summed E-state index contributed by atoms with van der Waals surface area (Å²) in [5.74, 6) is 0. The van der Waals surface area contributed by atoms with E-state index in [4.69, 9.17) is 4.74 Å². The van der Waals surface area contributed by atoms with Crippen LogP contribution in [0.2, 0.25) is 0 Å². The molecule has 2 rings (SSSR count). The first-order chi connectivity index (χ1) is 9.63. The number of piperazine rings is 1. The summed E-state index contributed by atoms with van der Waals surface area (Å²) in [6.07, 6.45) is 0. The van der Waals surface area contributed by atoms with Crippen molar-refractivity contribution in [3.8, 4) is 0 Å². The van der Waals surface area contributed by atoms with Crippen LogP contribution in [-0.4, -0.2) is 46.0 Å². The van der Waals surface area contributed by atoms with Gasteiger partial charge in [0.15, 0.2) is 0 Å². The van der Waals surface area contributed by atoms with E-state index < -0.39 is 10.2 Å². The van der Waals surface area contributed by atoms with Crippen molar-refractivity contribution >= 4 is 10.2 Å². The van der Waals surface area contributed by atoms with Crippen molar-refractivity contribution in [2.45, 2.75) is 13.2 Å². The Morgan fingerprint density at radius 2 is 1.90 bits per heavy atom. The topological polar surface area (TPSA) is 70.7 Å². The van der Waals surface area contributed by atoms with Crippen LogP contribution >= 0.6 is 0 Å². The van der Waals surface area contributed by atoms with Gasteiger partial charge in [0.1, 0.15) is 0 Å². The zero-order valence-electron chi connectivity index (χ0n) is 11.6. The highest BCUT2D eigenvalue weighted by atomic mass is 32.2. The lowest BCUT2D eigenvalue weighted by Gasteiger charge is -2.26. The molecular weight excluding hydrogens is 278 g/mol. The van der Waals surface area contributed by atoms with Crippen LogP contribution < -0.4 is 10.0 Å². The average Bonchev–Trinajstić information content (AvgIpc) is 2.48. The first kappa shape index (κ1) is 15.4. The Labute approximate surface area is 120 Å². The maximum Gasteiger partial charge on any atom is 0.279 e. The predicted molar refractivity (Wildman–Crippen MR) is 77.4 cm³/mol. The highest BCUT2D eigenvalue weighted by Gasteiger charge is 2.23. The molecule has 7 heteroatoms. The van der Waals surface area contributed by atoms with E-state index in [-0.39, 0.29) is 6.54 Å². The van der Waals surface area contributed by atoms with E-state index in [1.807, 2.05) is 24.3 Å². The van der Waals surface area contributed by atoms with Gasteiger partial charge in [0.05, 0.1) is 6.61 Å². The molecule has 1 fully saturated rings. The van der Waals surface area contributed by atoms with Crippen molar-refractivity contribution in [2.24, 2.45) is 0 Å². The van der Waals surface area contributed by atoms with E-state index in [2.05, 4.69) is 10.0 Å². The quantitative estimate of drug-likeness (QED) is 0.780. The molecular formula is C13H21N3O3S. The van der Waals surface area contributed by atoms with Gasteiger partial charge in [-0.2, -0.15) is 17.4 Å². The van der Waals surface area contributed by atoms with Crippen molar-refractivity contribution < 1.29 is 13.2 Å². The van der Waals surface area contributed by atoms with Crippen LogP contribution in [-0.2, 0) is 28.1 Å². The van der Waals surface area contributed by atoms with Crippen LogP contribution in [0.4, 0.5) is 0 Å². The Hall–Kier alpha value is -0.990. The highest BCUT2D eigenvalue weighted by molar-refractivity contribution is 7.87. The lowest BCUT2D eigenvalue weighted by Crippen LogP contribution is -2.50. The van der Waals surface area contributed by atoms with Crippen LogP contribution in [0.3, 0.4) is 0 Å². The van der Waals surface area contributed by atoms with E-state index in [0.717, 1.165) is 11.1 Å². The molecule has 0 saturated carbocycles. The summed E-state index contributed by atoms with van der Waals surface area (Å²) in [6, 6.07) is 7.67. The molecule has 1 aliphatic rings. The fraction of sp³-hybridized carbons (Fsp3) is 0.538. The summed E-state index contributed by atoms with van der Waals surface area (Å²) in [7, 11) is -1.78. The Kier molecular flexibility index (Phi) is 5.50. The van der Waals surface area contributed by atoms with E-state index in [1.165, 1.54) is 4.31 Å². The number of hydrogen-bond acceptors (Lipinski definition) is 4. The second kappa shape index (κ2) is 7.14. The summed E-state index contributed by atoms with van der Waals surface area (Å²) in [4.78, 5) is 0. The summed E-state index contributed by atoms with van der Waals surface area (Å²) >= 11 is 0. The van der Waals surface area contributed by atoms with Crippen LogP contribution in [0.15, 0.2) is 24.3 Å². The fourth-order valence-electron chi connectivity index (χ4n) is 2.17. The summed E-state index contributed by atoms with van der Waals surface area (Å²) in [5, 5.41) is 3.14. The molecule has 2 N–H and O–H groups in total. The maximum absolute atomic E-state index is 12.2. The number of rotatable bonds is 6. The molecule has 0 unspecified atom stereocenters. The van der Waals surface area contributed by atoms with Gasteiger partial charge < -0.3 is 10.1 Å². The van der Waals surface area contributed by atoms with E-state index in [0.29, 0.717) is 32.8 Å². The second-order valence-corrected chi connectivity index (χ2v) is 6.43. The van der Waals surface area contributed by atoms with Crippen molar-refractivity contribution in [3.63, 3.8) is 0 Å². The number of methoxy groups -OCH3 is 1. The van der Waals surface area contributed by atoms with E-state index in [1.54, 1.807) is 7.11 Å². The molecule has 1 saturated heterocycles. The smallest absolute Gasteiger partial charge is 0.279 e. The van der Waals surface area contributed by atoms with Gasteiger partial charge in [0.25, 0.3) is 10.2 Å². The first-order valence-corrected chi connectivity index (χ1v) is 8.08. The van der Waals surface area contributed by atoms with Gasteiger partial charge in [-0.05, 0) is 11.1 Å². The normalized spacial score (nSPS) is 17.2. The van der Waals surface area contributed by atoms with Crippen molar-refractivity contribution in [3.05, 3.63) is 35.4 Å². The van der Waals surface area contributed by atoms with Gasteiger partial charge in [-0.3, -0.25) is 0 Å². The van der Waals surface area contributed by atoms with Crippen molar-refractivity contribution in [1.82, 2.24) is 14.3 Å². The molecule has 1 heterocycles. The van der Waals surface area contributed by atoms with Crippen molar-refractivity contribution in [2.75, 3.05) is 33.3 Å². The zero-order chi connectivity index (χ0) is 14.4. The first-order valence-electron chi connectivity index (χ1n) is 6.64. The number of nitrogens with zero attached hydrogens (tertiary/aromatic N) is 1. The van der Waals surface area contributed by atoms with E-state index in [9.17, 15) is 8.42 Å². The highest BCUT2D eigenvalue weighted by Crippen LogP contribution is 2.11. The standard InChI is InChI=1S/C13H21N3O3S/c1-19-11-13-5-3-2-4-12(13)10-15-20(17,18)16-8-6-14-7-9-16/h2-5,14-15H,6-11H2,1H3. The molecule has 0 bridgehead atoms. The summed E-state index contributed by atoms with van der Waals surface area (Å²) in [6.45, 7) is 3.17. The lowest BCUT2D eigenvalue weighted by atomic mass is 10.1. The number of nitrogens with one attached hydrogen (secondary N) is 2. The molecule has 0 aliphatic carbocycles. The molecule has 0 radical (unpaired) electrons. The number of benzene rings is 1. The molecule has 0 amide bonds. The molecule has 1 aliphatic heterocycles. The molecule has 1 aromatic rings. The molecule has 0 aromatic heterocycles. The van der Waals surface area contributed by atoms with Crippen LogP contribution in [0.1, 0.15) is 11.1 Å². The third-order valence-electron chi connectivity index (χ3n) is 3.28. The zero-order valence-corrected chi connectivity index (χ0v) is 12.4. The molecule has 112 valence electrons. The minimum absolute atomic E-state index is 0.284. The third kappa shape index (κ3) is 4.00. The van der Waals surface area contributed by atoms with Gasteiger partial charge in [0, 0.05) is 39.8 Å². The molecule has 6 nitrogen and oxygen atoms in total. The molecule has 1 aromatic carbocycles. The van der Waals surface area contributed by atoms with Gasteiger partial charge >= 0.3 is 0 Å². The fourth-order valence-corrected chi connectivity index (χ4v) is 3.35. The monoisotopic (exact) mass is 299 g/mol. The SMILES string of the molecule is COCc1ccccc1CNS(=O)(=O)N1CCNCC1. The minimum Gasteiger partial charge on any atom is -0.380 e. The largest absolute Gasteiger partial charge is 0.380 e. The Balaban J connectivity index is 2.00. The van der Waals surface area contributed by atoms with Gasteiger partial charge in [-0.25, -0.2) is 0 Å². The molecule has 20 heavy (non-hydrogen) atoms. The maximum atomic E-state index is 12.2. The van der Waals surface area contributed by atoms with Gasteiger partial charge in [0.2, 0.25) is 0 Å². The predicted octanol–water partition coefficient (Wildman–Crippen LogP) is 0.0726. The molecule has 0 atom stereocenters. The summed E-state index contributed by atoms with van der Waals surface area (Å²) < 4.78 is 33.6. The number of hydrogen-bond donors (Lipinski definition) is 2. The Morgan fingerprint density at radius 3 is 2.55 bits per heavy atom. The van der Waals surface area contributed by atoms with Gasteiger partial charge in [-0.15, -0.1) is 0 Å². The van der Waals surface area contributed by atoms with Crippen LogP contribution in [0.25, 0.3) is 0 Å². The van der Waals surface area contributed by atoms with Crippen LogP contribution in [0, 0.1) is 0 Å². The van der Waals surface area contributed by atoms with E-state index >= 15 is 0 Å². The Bertz CT molecular complexity index is 527. The minimum atomic E-state index is -3.41. The third-order valence-corrected chi connectivity index (χ3v) is 4.83. The van der Waals surface area contributed by atoms with Crippen LogP contribution in [0.5, 0.6) is 0 Å². The lowest BCUT2D eigenvalue weighted by molar-refractivity contribution is 0.184. The van der Waals surface area contributed by atoms with Gasteiger partial charge in [-0.1, -0.05) is 24.3 Å². The Morgan fingerprint density at radius 1 is 1.25 bits per heavy atom. The summed E-state index contributed by atoms with van der Waals surface area (Å²) in [5.41, 5.74) is 1.94. The second-order valence-electron chi connectivity index (χ2n) is 4.68. The van der Waals surface area contributed by atoms with Crippen molar-refractivity contribution in [1.29, 1.82) is 0 Å². The molecule has 0 spiro atoms. The average molecular weight is 299 g/mol. The number of ether oxygens (including phenoxy) is 1.